The second-order valence-corrected chi connectivity index (χ2v) is 8.58. The van der Waals surface area contributed by atoms with Gasteiger partial charge in [-0.2, -0.15) is 24.5 Å². The van der Waals surface area contributed by atoms with Crippen LogP contribution in [0.1, 0.15) is 35.3 Å². The van der Waals surface area contributed by atoms with Gasteiger partial charge in [0.1, 0.15) is 5.75 Å². The average Bonchev–Trinajstić information content (AvgIpc) is 3.18. The van der Waals surface area contributed by atoms with E-state index >= 15 is 0 Å². The number of amides is 1. The Bertz CT molecular complexity index is 1020. The molecule has 160 valence electrons. The second-order valence-electron chi connectivity index (χ2n) is 7.39. The summed E-state index contributed by atoms with van der Waals surface area (Å²) in [6, 6.07) is 4.41. The summed E-state index contributed by atoms with van der Waals surface area (Å²) in [4.78, 5) is 23.5. The van der Waals surface area contributed by atoms with E-state index in [1.165, 1.54) is 23.5 Å². The van der Waals surface area contributed by atoms with Crippen LogP contribution in [0, 0.1) is 0 Å². The third kappa shape index (κ3) is 4.46. The third-order valence-electron chi connectivity index (χ3n) is 4.69. The number of carboxylic acid groups (broad SMARTS) is 1. The summed E-state index contributed by atoms with van der Waals surface area (Å²) in [5.41, 5.74) is -0.552. The van der Waals surface area contributed by atoms with E-state index in [0.717, 1.165) is 6.08 Å². The second kappa shape index (κ2) is 7.96. The molecule has 3 rings (SSSR count). The van der Waals surface area contributed by atoms with Gasteiger partial charge in [0.25, 0.3) is 5.91 Å². The Kier molecular flexibility index (Phi) is 5.88. The van der Waals surface area contributed by atoms with E-state index in [9.17, 15) is 22.8 Å². The van der Waals surface area contributed by atoms with E-state index in [-0.39, 0.29) is 28.8 Å². The summed E-state index contributed by atoms with van der Waals surface area (Å²) >= 11 is 7.73. The van der Waals surface area contributed by atoms with Crippen molar-refractivity contribution in [1.29, 1.82) is 0 Å². The topological polar surface area (TPSA) is 75.6 Å². The van der Waals surface area contributed by atoms with Gasteiger partial charge in [-0.15, -0.1) is 0 Å². The maximum Gasteiger partial charge on any atom is 0.430 e. The van der Waals surface area contributed by atoms with Crippen LogP contribution in [0.3, 0.4) is 0 Å². The molecule has 5 nitrogen and oxygen atoms in total. The van der Waals surface area contributed by atoms with Gasteiger partial charge in [-0.25, -0.2) is 4.79 Å². The minimum absolute atomic E-state index is 0.126. The molecule has 2 heterocycles. The number of hydrogen-bond donors (Lipinski definition) is 2. The number of carbonyl (C=O) groups excluding carboxylic acids is 1. The van der Waals surface area contributed by atoms with Crippen molar-refractivity contribution in [2.75, 3.05) is 6.54 Å². The number of benzene rings is 1. The van der Waals surface area contributed by atoms with Crippen molar-refractivity contribution >= 4 is 40.9 Å². The largest absolute Gasteiger partial charge is 0.478 e. The van der Waals surface area contributed by atoms with E-state index in [4.69, 9.17) is 21.4 Å². The molecule has 0 aliphatic carbocycles. The highest BCUT2D eigenvalue weighted by atomic mass is 35.5. The standard InChI is InChI=1S/C20H17ClF3NO4S/c1-19(2,9-25-17(26)10-3-4-30-8-10)13-7-15-11(6-14(13)21)5-12(18(27)28)16(29-15)20(22,23)24/h3-8,16H,9H2,1-2H3,(H,25,26)(H,27,28). The molecular weight excluding hydrogens is 443 g/mol. The zero-order chi connectivity index (χ0) is 22.3. The number of hydrogen-bond acceptors (Lipinski definition) is 4. The molecule has 10 heteroatoms. The molecule has 0 saturated carbocycles. The Morgan fingerprint density at radius 2 is 2.00 bits per heavy atom. The fraction of sp³-hybridized carbons (Fsp3) is 0.300. The lowest BCUT2D eigenvalue weighted by molar-refractivity contribution is -0.187. The molecule has 0 bridgehead atoms. The number of carbonyl (C=O) groups is 2. The van der Waals surface area contributed by atoms with E-state index < -0.39 is 29.2 Å². The number of alkyl halides is 3. The van der Waals surface area contributed by atoms with Gasteiger partial charge in [0, 0.05) is 33.5 Å². The number of thiophene rings is 1. The molecule has 1 aliphatic heterocycles. The van der Waals surface area contributed by atoms with Crippen molar-refractivity contribution in [2.24, 2.45) is 0 Å². The molecule has 0 saturated heterocycles. The average molecular weight is 460 g/mol. The Hall–Kier alpha value is -2.52. The van der Waals surface area contributed by atoms with Crippen molar-refractivity contribution in [3.05, 3.63) is 56.2 Å². The Labute approximate surface area is 179 Å². The van der Waals surface area contributed by atoms with E-state index in [1.807, 2.05) is 0 Å². The minimum atomic E-state index is -4.90. The van der Waals surface area contributed by atoms with Gasteiger partial charge in [-0.1, -0.05) is 25.4 Å². The number of ether oxygens (including phenoxy) is 1. The minimum Gasteiger partial charge on any atom is -0.478 e. The number of halogens is 4. The van der Waals surface area contributed by atoms with Crippen molar-refractivity contribution in [3.8, 4) is 5.75 Å². The monoisotopic (exact) mass is 459 g/mol. The fourth-order valence-electron chi connectivity index (χ4n) is 3.05. The van der Waals surface area contributed by atoms with Crippen LogP contribution >= 0.6 is 22.9 Å². The first-order valence-electron chi connectivity index (χ1n) is 8.73. The molecule has 1 aliphatic rings. The molecule has 2 aromatic rings. The molecule has 1 atom stereocenters. The van der Waals surface area contributed by atoms with Gasteiger partial charge in [0.15, 0.2) is 0 Å². The van der Waals surface area contributed by atoms with Gasteiger partial charge >= 0.3 is 12.1 Å². The first-order valence-corrected chi connectivity index (χ1v) is 10.0. The van der Waals surface area contributed by atoms with Gasteiger partial charge < -0.3 is 15.2 Å². The lowest BCUT2D eigenvalue weighted by atomic mass is 9.83. The van der Waals surface area contributed by atoms with Crippen LogP contribution in [0.4, 0.5) is 13.2 Å². The van der Waals surface area contributed by atoms with Crippen molar-refractivity contribution in [1.82, 2.24) is 5.32 Å². The summed E-state index contributed by atoms with van der Waals surface area (Å²) in [6.07, 6.45) is -6.57. The highest BCUT2D eigenvalue weighted by Crippen LogP contribution is 2.42. The summed E-state index contributed by atoms with van der Waals surface area (Å²) in [5.74, 6) is -2.13. The first-order chi connectivity index (χ1) is 13.9. The number of aliphatic carboxylic acids is 1. The van der Waals surface area contributed by atoms with Crippen molar-refractivity contribution in [2.45, 2.75) is 31.5 Å². The van der Waals surface area contributed by atoms with Gasteiger partial charge in [-0.05, 0) is 35.2 Å². The maximum absolute atomic E-state index is 13.3. The molecule has 1 aromatic heterocycles. The number of fused-ring (bicyclic) bond motifs is 1. The molecule has 1 aromatic carbocycles. The van der Waals surface area contributed by atoms with Crippen LogP contribution in [-0.2, 0) is 10.2 Å². The zero-order valence-corrected chi connectivity index (χ0v) is 17.4. The molecule has 30 heavy (non-hydrogen) atoms. The lowest BCUT2D eigenvalue weighted by Gasteiger charge is -2.31. The predicted molar refractivity (Wildman–Crippen MR) is 107 cm³/mol. The fourth-order valence-corrected chi connectivity index (χ4v) is 4.11. The quantitative estimate of drug-likeness (QED) is 0.666. The molecule has 0 fully saturated rings. The lowest BCUT2D eigenvalue weighted by Crippen LogP contribution is -2.40. The van der Waals surface area contributed by atoms with E-state index in [2.05, 4.69) is 5.32 Å². The smallest absolute Gasteiger partial charge is 0.430 e. The SMILES string of the molecule is CC(C)(CNC(=O)c1ccsc1)c1cc2c(cc1Cl)C=C(C(=O)O)C(C(F)(F)F)O2. The van der Waals surface area contributed by atoms with Crippen molar-refractivity contribution < 1.29 is 32.6 Å². The summed E-state index contributed by atoms with van der Waals surface area (Å²) < 4.78 is 44.9. The number of rotatable bonds is 5. The first kappa shape index (κ1) is 22.2. The normalized spacial score (nSPS) is 16.3. The summed E-state index contributed by atoms with van der Waals surface area (Å²) in [7, 11) is 0. The molecule has 2 N–H and O–H groups in total. The molecule has 1 amide bonds. The number of carboxylic acids is 1. The molecule has 0 radical (unpaired) electrons. The Morgan fingerprint density at radius 1 is 1.30 bits per heavy atom. The van der Waals surface area contributed by atoms with E-state index in [0.29, 0.717) is 11.1 Å². The maximum atomic E-state index is 13.3. The molecular formula is C20H17ClF3NO4S. The van der Waals surface area contributed by atoms with Crippen molar-refractivity contribution in [3.63, 3.8) is 0 Å². The molecule has 1 unspecified atom stereocenters. The van der Waals surface area contributed by atoms with Crippen LogP contribution in [0.2, 0.25) is 5.02 Å². The van der Waals surface area contributed by atoms with Gasteiger partial charge in [-0.3, -0.25) is 4.79 Å². The van der Waals surface area contributed by atoms with Crippen LogP contribution in [0.15, 0.2) is 34.5 Å². The van der Waals surface area contributed by atoms with Crippen LogP contribution in [0.5, 0.6) is 5.75 Å². The number of nitrogens with one attached hydrogen (secondary N) is 1. The Balaban J connectivity index is 1.91. The van der Waals surface area contributed by atoms with Crippen LogP contribution in [-0.4, -0.2) is 35.8 Å². The van der Waals surface area contributed by atoms with Crippen LogP contribution in [0.25, 0.3) is 6.08 Å². The Morgan fingerprint density at radius 3 is 2.57 bits per heavy atom. The van der Waals surface area contributed by atoms with E-state index in [1.54, 1.807) is 30.7 Å². The highest BCUT2D eigenvalue weighted by molar-refractivity contribution is 7.08. The summed E-state index contributed by atoms with van der Waals surface area (Å²) in [6.45, 7) is 3.72. The third-order valence-corrected chi connectivity index (χ3v) is 5.68. The van der Waals surface area contributed by atoms with Gasteiger partial charge in [0.05, 0.1) is 5.57 Å². The predicted octanol–water partition coefficient (Wildman–Crippen LogP) is 4.90. The zero-order valence-electron chi connectivity index (χ0n) is 15.8. The van der Waals surface area contributed by atoms with Crippen LogP contribution < -0.4 is 10.1 Å². The highest BCUT2D eigenvalue weighted by Gasteiger charge is 2.48. The summed E-state index contributed by atoms with van der Waals surface area (Å²) in [5, 5.41) is 15.6. The molecule has 0 spiro atoms. The van der Waals surface area contributed by atoms with Gasteiger partial charge in [0.2, 0.25) is 6.10 Å².